The number of aliphatic carboxylic acids is 1. The molecule has 1 aromatic rings. The SMILES string of the molecule is CCc1cc(CCCC(=O)O)c(OC)cc1OC. The Kier molecular flexibility index (Phi) is 5.49. The van der Waals surface area contributed by atoms with Crippen LogP contribution in [0.25, 0.3) is 0 Å². The summed E-state index contributed by atoms with van der Waals surface area (Å²) < 4.78 is 10.6. The maximum absolute atomic E-state index is 10.5. The molecule has 0 saturated carbocycles. The van der Waals surface area contributed by atoms with Crippen molar-refractivity contribution in [3.05, 3.63) is 23.3 Å². The Bertz CT molecular complexity index is 413. The van der Waals surface area contributed by atoms with E-state index >= 15 is 0 Å². The van der Waals surface area contributed by atoms with Crippen LogP contribution in [0.2, 0.25) is 0 Å². The first kappa shape index (κ1) is 14.4. The highest BCUT2D eigenvalue weighted by Gasteiger charge is 2.10. The number of rotatable bonds is 7. The Hall–Kier alpha value is -1.71. The maximum Gasteiger partial charge on any atom is 0.303 e. The Balaban J connectivity index is 2.91. The predicted molar refractivity (Wildman–Crippen MR) is 69.5 cm³/mol. The number of carboxylic acid groups (broad SMARTS) is 1. The minimum Gasteiger partial charge on any atom is -0.496 e. The highest BCUT2D eigenvalue weighted by molar-refractivity contribution is 5.66. The van der Waals surface area contributed by atoms with E-state index in [9.17, 15) is 4.79 Å². The second-order valence-corrected chi connectivity index (χ2v) is 4.08. The molecule has 1 rings (SSSR count). The zero-order chi connectivity index (χ0) is 13.5. The summed E-state index contributed by atoms with van der Waals surface area (Å²) in [6.45, 7) is 2.06. The molecule has 0 radical (unpaired) electrons. The number of aryl methyl sites for hydroxylation is 2. The third kappa shape index (κ3) is 3.65. The molecule has 0 aliphatic rings. The van der Waals surface area contributed by atoms with Gasteiger partial charge in [-0.05, 0) is 36.5 Å². The molecule has 0 atom stereocenters. The van der Waals surface area contributed by atoms with Crippen LogP contribution in [0.3, 0.4) is 0 Å². The fourth-order valence-corrected chi connectivity index (χ4v) is 1.94. The zero-order valence-corrected chi connectivity index (χ0v) is 11.2. The summed E-state index contributed by atoms with van der Waals surface area (Å²) in [7, 11) is 3.25. The van der Waals surface area contributed by atoms with Gasteiger partial charge in [-0.15, -0.1) is 0 Å². The summed E-state index contributed by atoms with van der Waals surface area (Å²) in [5.74, 6) is 0.809. The average molecular weight is 252 g/mol. The lowest BCUT2D eigenvalue weighted by Crippen LogP contribution is -2.00. The lowest BCUT2D eigenvalue weighted by Gasteiger charge is -2.13. The number of methoxy groups -OCH3 is 2. The smallest absolute Gasteiger partial charge is 0.303 e. The third-order valence-electron chi connectivity index (χ3n) is 2.90. The number of hydrogen-bond acceptors (Lipinski definition) is 3. The lowest BCUT2D eigenvalue weighted by atomic mass is 10.0. The van der Waals surface area contributed by atoms with E-state index in [-0.39, 0.29) is 6.42 Å². The molecule has 0 bridgehead atoms. The van der Waals surface area contributed by atoms with Gasteiger partial charge in [0.2, 0.25) is 0 Å². The molecule has 4 heteroatoms. The number of carbonyl (C=O) groups is 1. The predicted octanol–water partition coefficient (Wildman–Crippen LogP) is 2.67. The number of carboxylic acids is 1. The molecule has 0 spiro atoms. The van der Waals surface area contributed by atoms with Crippen LogP contribution < -0.4 is 9.47 Å². The van der Waals surface area contributed by atoms with Crippen LogP contribution in [0.5, 0.6) is 11.5 Å². The molecule has 1 N–H and O–H groups in total. The topological polar surface area (TPSA) is 55.8 Å². The van der Waals surface area contributed by atoms with Crippen molar-refractivity contribution in [2.45, 2.75) is 32.6 Å². The molecule has 0 aliphatic heterocycles. The maximum atomic E-state index is 10.5. The van der Waals surface area contributed by atoms with Crippen LogP contribution in [0, 0.1) is 0 Å². The fourth-order valence-electron chi connectivity index (χ4n) is 1.94. The molecule has 100 valence electrons. The van der Waals surface area contributed by atoms with Crippen LogP contribution in [0.1, 0.15) is 30.9 Å². The molecule has 1 aromatic carbocycles. The van der Waals surface area contributed by atoms with Gasteiger partial charge in [0.25, 0.3) is 0 Å². The molecule has 0 aromatic heterocycles. The Morgan fingerprint density at radius 3 is 2.28 bits per heavy atom. The van der Waals surface area contributed by atoms with Crippen molar-refractivity contribution < 1.29 is 19.4 Å². The first-order valence-electron chi connectivity index (χ1n) is 6.07. The minimum absolute atomic E-state index is 0.177. The van der Waals surface area contributed by atoms with Crippen LogP contribution in [0.4, 0.5) is 0 Å². The summed E-state index contributed by atoms with van der Waals surface area (Å²) in [6, 6.07) is 3.91. The number of ether oxygens (including phenoxy) is 2. The third-order valence-corrected chi connectivity index (χ3v) is 2.90. The molecule has 0 fully saturated rings. The monoisotopic (exact) mass is 252 g/mol. The van der Waals surface area contributed by atoms with Crippen molar-refractivity contribution in [1.82, 2.24) is 0 Å². The van der Waals surface area contributed by atoms with Gasteiger partial charge in [0.15, 0.2) is 0 Å². The van der Waals surface area contributed by atoms with Crippen molar-refractivity contribution >= 4 is 5.97 Å². The summed E-state index contributed by atoms with van der Waals surface area (Å²) >= 11 is 0. The van der Waals surface area contributed by atoms with Crippen LogP contribution in [0.15, 0.2) is 12.1 Å². The lowest BCUT2D eigenvalue weighted by molar-refractivity contribution is -0.137. The summed E-state index contributed by atoms with van der Waals surface area (Å²) in [6.07, 6.45) is 2.36. The van der Waals surface area contributed by atoms with Gasteiger partial charge in [0.1, 0.15) is 11.5 Å². The van der Waals surface area contributed by atoms with Gasteiger partial charge >= 0.3 is 5.97 Å². The van der Waals surface area contributed by atoms with Crippen molar-refractivity contribution in [1.29, 1.82) is 0 Å². The van der Waals surface area contributed by atoms with E-state index in [0.29, 0.717) is 12.8 Å². The average Bonchev–Trinajstić information content (AvgIpc) is 2.37. The van der Waals surface area contributed by atoms with Crippen LogP contribution >= 0.6 is 0 Å². The second-order valence-electron chi connectivity index (χ2n) is 4.08. The van der Waals surface area contributed by atoms with E-state index < -0.39 is 5.97 Å². The molecule has 0 unspecified atom stereocenters. The summed E-state index contributed by atoms with van der Waals surface area (Å²) in [5, 5.41) is 8.65. The largest absolute Gasteiger partial charge is 0.496 e. The van der Waals surface area contributed by atoms with Gasteiger partial charge in [0, 0.05) is 12.5 Å². The van der Waals surface area contributed by atoms with Gasteiger partial charge in [0.05, 0.1) is 14.2 Å². The Morgan fingerprint density at radius 1 is 1.17 bits per heavy atom. The molecule has 4 nitrogen and oxygen atoms in total. The van der Waals surface area contributed by atoms with Gasteiger partial charge in [-0.3, -0.25) is 4.79 Å². The van der Waals surface area contributed by atoms with Gasteiger partial charge < -0.3 is 14.6 Å². The quantitative estimate of drug-likeness (QED) is 0.810. The van der Waals surface area contributed by atoms with Crippen molar-refractivity contribution in [2.75, 3.05) is 14.2 Å². The van der Waals surface area contributed by atoms with E-state index in [2.05, 4.69) is 6.92 Å². The standard InChI is InChI=1S/C14H20O4/c1-4-10-8-11(6-5-7-14(15)16)13(18-3)9-12(10)17-2/h8-9H,4-7H2,1-3H3,(H,15,16). The molecular weight excluding hydrogens is 232 g/mol. The van der Waals surface area contributed by atoms with Gasteiger partial charge in [-0.1, -0.05) is 6.92 Å². The fraction of sp³-hybridized carbons (Fsp3) is 0.500. The van der Waals surface area contributed by atoms with Crippen LogP contribution in [-0.2, 0) is 17.6 Å². The van der Waals surface area contributed by atoms with Crippen LogP contribution in [-0.4, -0.2) is 25.3 Å². The van der Waals surface area contributed by atoms with Crippen molar-refractivity contribution in [3.8, 4) is 11.5 Å². The number of benzene rings is 1. The zero-order valence-electron chi connectivity index (χ0n) is 11.2. The Morgan fingerprint density at radius 2 is 1.78 bits per heavy atom. The first-order chi connectivity index (χ1) is 8.62. The number of hydrogen-bond donors (Lipinski definition) is 1. The minimum atomic E-state index is -0.766. The summed E-state index contributed by atoms with van der Waals surface area (Å²) in [4.78, 5) is 10.5. The van der Waals surface area contributed by atoms with Crippen molar-refractivity contribution in [3.63, 3.8) is 0 Å². The molecule has 18 heavy (non-hydrogen) atoms. The van der Waals surface area contributed by atoms with E-state index in [1.54, 1.807) is 14.2 Å². The molecular formula is C14H20O4. The van der Waals surface area contributed by atoms with E-state index in [1.807, 2.05) is 12.1 Å². The molecule has 0 aliphatic carbocycles. The van der Waals surface area contributed by atoms with E-state index in [1.165, 1.54) is 0 Å². The summed E-state index contributed by atoms with van der Waals surface area (Å²) in [5.41, 5.74) is 2.15. The molecule has 0 heterocycles. The second kappa shape index (κ2) is 6.89. The normalized spacial score (nSPS) is 10.2. The van der Waals surface area contributed by atoms with Crippen molar-refractivity contribution in [2.24, 2.45) is 0 Å². The van der Waals surface area contributed by atoms with Gasteiger partial charge in [-0.2, -0.15) is 0 Å². The molecule has 0 saturated heterocycles. The van der Waals surface area contributed by atoms with E-state index in [4.69, 9.17) is 14.6 Å². The van der Waals surface area contributed by atoms with E-state index in [0.717, 1.165) is 29.0 Å². The van der Waals surface area contributed by atoms with Gasteiger partial charge in [-0.25, -0.2) is 0 Å². The first-order valence-corrected chi connectivity index (χ1v) is 6.07. The highest BCUT2D eigenvalue weighted by atomic mass is 16.5. The Labute approximate surface area is 108 Å². The highest BCUT2D eigenvalue weighted by Crippen LogP contribution is 2.30. The molecule has 0 amide bonds.